The van der Waals surface area contributed by atoms with Crippen LogP contribution < -0.4 is 4.74 Å². The van der Waals surface area contributed by atoms with Crippen LogP contribution in [0.5, 0.6) is 5.75 Å². The summed E-state index contributed by atoms with van der Waals surface area (Å²) in [6, 6.07) is 8.21. The third-order valence-electron chi connectivity index (χ3n) is 3.68. The first kappa shape index (κ1) is 14.1. The van der Waals surface area contributed by atoms with Crippen LogP contribution in [0.4, 0.5) is 0 Å². The molecule has 104 valence electrons. The number of benzene rings is 1. The van der Waals surface area contributed by atoms with E-state index in [0.717, 1.165) is 24.4 Å². The van der Waals surface area contributed by atoms with Crippen molar-refractivity contribution in [1.82, 2.24) is 4.90 Å². The van der Waals surface area contributed by atoms with Crippen LogP contribution in [0.25, 0.3) is 5.57 Å². The highest BCUT2D eigenvalue weighted by Crippen LogP contribution is 2.17. The molecule has 2 nitrogen and oxygen atoms in total. The van der Waals surface area contributed by atoms with Gasteiger partial charge in [-0.3, -0.25) is 0 Å². The lowest BCUT2D eigenvalue weighted by Crippen LogP contribution is -2.31. The largest absolute Gasteiger partial charge is 0.494 e. The maximum atomic E-state index is 5.78. The smallest absolute Gasteiger partial charge is 0.119 e. The van der Waals surface area contributed by atoms with Gasteiger partial charge in [-0.2, -0.15) is 0 Å². The van der Waals surface area contributed by atoms with E-state index in [1.807, 2.05) is 19.1 Å². The van der Waals surface area contributed by atoms with Gasteiger partial charge in [-0.1, -0.05) is 30.7 Å². The second-order valence-corrected chi connectivity index (χ2v) is 5.41. The van der Waals surface area contributed by atoms with Gasteiger partial charge in [-0.25, -0.2) is 0 Å². The van der Waals surface area contributed by atoms with E-state index in [2.05, 4.69) is 23.6 Å². The molecule has 0 saturated carbocycles. The van der Waals surface area contributed by atoms with E-state index in [4.69, 9.17) is 4.74 Å². The van der Waals surface area contributed by atoms with Crippen molar-refractivity contribution in [3.05, 3.63) is 36.4 Å². The molecule has 2 rings (SSSR count). The van der Waals surface area contributed by atoms with Crippen LogP contribution in [0.1, 0.15) is 38.2 Å². The summed E-state index contributed by atoms with van der Waals surface area (Å²) in [7, 11) is 0. The zero-order chi connectivity index (χ0) is 13.5. The minimum atomic E-state index is 0.808. The van der Waals surface area contributed by atoms with Crippen molar-refractivity contribution < 1.29 is 4.74 Å². The summed E-state index contributed by atoms with van der Waals surface area (Å²) in [5, 5.41) is 0. The Hall–Kier alpha value is -1.28. The molecular formula is C17H25NO. The molecule has 1 aliphatic heterocycles. The van der Waals surface area contributed by atoms with Crippen LogP contribution in [0.3, 0.4) is 0 Å². The Morgan fingerprint density at radius 2 is 1.84 bits per heavy atom. The van der Waals surface area contributed by atoms with Gasteiger partial charge in [0, 0.05) is 6.54 Å². The van der Waals surface area contributed by atoms with Crippen LogP contribution in [0, 0.1) is 0 Å². The van der Waals surface area contributed by atoms with Gasteiger partial charge in [0.2, 0.25) is 0 Å². The number of piperidine rings is 1. The summed E-state index contributed by atoms with van der Waals surface area (Å²) in [6.45, 7) is 10.5. The summed E-state index contributed by atoms with van der Waals surface area (Å²) in [5.74, 6) is 0.962. The van der Waals surface area contributed by atoms with Crippen molar-refractivity contribution in [3.63, 3.8) is 0 Å². The third-order valence-corrected chi connectivity index (χ3v) is 3.68. The Bertz CT molecular complexity index is 390. The molecule has 1 fully saturated rings. The first-order valence-electron chi connectivity index (χ1n) is 7.37. The van der Waals surface area contributed by atoms with Crippen LogP contribution in [-0.2, 0) is 0 Å². The minimum absolute atomic E-state index is 0.808. The molecule has 0 bridgehead atoms. The van der Waals surface area contributed by atoms with Gasteiger partial charge in [0.1, 0.15) is 5.75 Å². The summed E-state index contributed by atoms with van der Waals surface area (Å²) >= 11 is 0. The predicted octanol–water partition coefficient (Wildman–Crippen LogP) is 3.97. The number of rotatable bonds is 6. The van der Waals surface area contributed by atoms with Crippen LogP contribution in [0.2, 0.25) is 0 Å². The lowest BCUT2D eigenvalue weighted by Gasteiger charge is -2.26. The third kappa shape index (κ3) is 4.71. The lowest BCUT2D eigenvalue weighted by atomic mass is 10.1. The first-order chi connectivity index (χ1) is 9.25. The fourth-order valence-electron chi connectivity index (χ4n) is 2.50. The van der Waals surface area contributed by atoms with E-state index in [-0.39, 0.29) is 0 Å². The van der Waals surface area contributed by atoms with Crippen LogP contribution >= 0.6 is 0 Å². The maximum absolute atomic E-state index is 5.78. The molecule has 0 atom stereocenters. The van der Waals surface area contributed by atoms with E-state index < -0.39 is 0 Å². The Morgan fingerprint density at radius 3 is 2.47 bits per heavy atom. The van der Waals surface area contributed by atoms with Gasteiger partial charge in [-0.05, 0) is 57.0 Å². The van der Waals surface area contributed by atoms with Crippen molar-refractivity contribution in [2.24, 2.45) is 0 Å². The average molecular weight is 259 g/mol. The second kappa shape index (κ2) is 7.34. The molecule has 1 heterocycles. The number of ether oxygens (including phenoxy) is 1. The summed E-state index contributed by atoms with van der Waals surface area (Å²) < 4.78 is 5.78. The highest BCUT2D eigenvalue weighted by molar-refractivity contribution is 5.61. The molecule has 0 radical (unpaired) electrons. The van der Waals surface area contributed by atoms with Crippen LogP contribution in [0.15, 0.2) is 30.8 Å². The topological polar surface area (TPSA) is 12.5 Å². The molecular weight excluding hydrogens is 234 g/mol. The quantitative estimate of drug-likeness (QED) is 0.717. The first-order valence-corrected chi connectivity index (χ1v) is 7.37. The molecule has 0 spiro atoms. The standard InChI is InChI=1S/C17H25NO/c1-15(2)16-7-9-17(10-8-16)19-14-6-13-18-11-4-3-5-12-18/h7-10H,1,3-6,11-14H2,2H3. The molecule has 1 aliphatic rings. The summed E-state index contributed by atoms with van der Waals surface area (Å²) in [5.41, 5.74) is 2.28. The van der Waals surface area contributed by atoms with Gasteiger partial charge < -0.3 is 9.64 Å². The Balaban J connectivity index is 1.66. The number of hydrogen-bond donors (Lipinski definition) is 0. The molecule has 1 aromatic rings. The highest BCUT2D eigenvalue weighted by atomic mass is 16.5. The van der Waals surface area contributed by atoms with Gasteiger partial charge in [0.15, 0.2) is 0 Å². The van der Waals surface area contributed by atoms with E-state index in [9.17, 15) is 0 Å². The Labute approximate surface area is 117 Å². The van der Waals surface area contributed by atoms with Gasteiger partial charge in [-0.15, -0.1) is 0 Å². The maximum Gasteiger partial charge on any atom is 0.119 e. The van der Waals surface area contributed by atoms with Gasteiger partial charge in [0.05, 0.1) is 6.61 Å². The second-order valence-electron chi connectivity index (χ2n) is 5.41. The van der Waals surface area contributed by atoms with Crippen molar-refractivity contribution in [2.75, 3.05) is 26.2 Å². The molecule has 0 N–H and O–H groups in total. The van der Waals surface area contributed by atoms with E-state index >= 15 is 0 Å². The fraction of sp³-hybridized carbons (Fsp3) is 0.529. The van der Waals surface area contributed by atoms with E-state index in [0.29, 0.717) is 0 Å². The monoisotopic (exact) mass is 259 g/mol. The highest BCUT2D eigenvalue weighted by Gasteiger charge is 2.08. The molecule has 19 heavy (non-hydrogen) atoms. The Morgan fingerprint density at radius 1 is 1.16 bits per heavy atom. The number of nitrogens with zero attached hydrogens (tertiary/aromatic N) is 1. The summed E-state index contributed by atoms with van der Waals surface area (Å²) in [6.07, 6.45) is 5.25. The van der Waals surface area contributed by atoms with Crippen molar-refractivity contribution in [1.29, 1.82) is 0 Å². The normalized spacial score (nSPS) is 16.3. The van der Waals surface area contributed by atoms with Crippen LogP contribution in [-0.4, -0.2) is 31.1 Å². The van der Waals surface area contributed by atoms with Crippen molar-refractivity contribution in [2.45, 2.75) is 32.6 Å². The molecule has 0 amide bonds. The molecule has 0 aromatic heterocycles. The number of hydrogen-bond acceptors (Lipinski definition) is 2. The predicted molar refractivity (Wildman–Crippen MR) is 81.6 cm³/mol. The SMILES string of the molecule is C=C(C)c1ccc(OCCCN2CCCCC2)cc1. The summed E-state index contributed by atoms with van der Waals surface area (Å²) in [4.78, 5) is 2.55. The lowest BCUT2D eigenvalue weighted by molar-refractivity contribution is 0.205. The van der Waals surface area contributed by atoms with E-state index in [1.165, 1.54) is 44.5 Å². The zero-order valence-electron chi connectivity index (χ0n) is 12.0. The van der Waals surface area contributed by atoms with E-state index in [1.54, 1.807) is 0 Å². The average Bonchev–Trinajstić information content (AvgIpc) is 2.45. The molecule has 1 aromatic carbocycles. The molecule has 2 heteroatoms. The van der Waals surface area contributed by atoms with Crippen molar-refractivity contribution >= 4 is 5.57 Å². The zero-order valence-corrected chi connectivity index (χ0v) is 12.0. The fourth-order valence-corrected chi connectivity index (χ4v) is 2.50. The van der Waals surface area contributed by atoms with Gasteiger partial charge in [0.25, 0.3) is 0 Å². The Kier molecular flexibility index (Phi) is 5.46. The van der Waals surface area contributed by atoms with Crippen molar-refractivity contribution in [3.8, 4) is 5.75 Å². The van der Waals surface area contributed by atoms with Gasteiger partial charge >= 0.3 is 0 Å². The minimum Gasteiger partial charge on any atom is -0.494 e. The number of likely N-dealkylation sites (tertiary alicyclic amines) is 1. The number of allylic oxidation sites excluding steroid dienone is 1. The molecule has 1 saturated heterocycles. The molecule has 0 unspecified atom stereocenters. The molecule has 0 aliphatic carbocycles.